The van der Waals surface area contributed by atoms with Gasteiger partial charge in [0.05, 0.1) is 32.8 Å². The first-order chi connectivity index (χ1) is 21.4. The Hall–Kier alpha value is -3.59. The van der Waals surface area contributed by atoms with Gasteiger partial charge in [-0.1, -0.05) is 36.4 Å². The number of piperidine rings is 1. The minimum atomic E-state index is -1.15. The summed E-state index contributed by atoms with van der Waals surface area (Å²) in [4.78, 5) is 15.4. The van der Waals surface area contributed by atoms with Crippen molar-refractivity contribution < 1.29 is 33.6 Å². The number of aliphatic hydroxyl groups excluding tert-OH is 1. The van der Waals surface area contributed by atoms with E-state index in [9.17, 15) is 9.90 Å². The number of benzene rings is 3. The number of ether oxygens (including phenoxy) is 5. The predicted molar refractivity (Wildman–Crippen MR) is 173 cm³/mol. The van der Waals surface area contributed by atoms with E-state index in [-0.39, 0.29) is 18.1 Å². The molecule has 8 heteroatoms. The number of carbonyl (C=O) groups excluding carboxylic acids is 1. The van der Waals surface area contributed by atoms with Gasteiger partial charge in [-0.05, 0) is 87.7 Å². The molecule has 1 N–H and O–H groups in total. The molecule has 0 amide bonds. The van der Waals surface area contributed by atoms with Crippen LogP contribution in [0.5, 0.6) is 17.2 Å². The third kappa shape index (κ3) is 6.16. The van der Waals surface area contributed by atoms with Gasteiger partial charge in [-0.2, -0.15) is 0 Å². The molecule has 8 nitrogen and oxygen atoms in total. The van der Waals surface area contributed by atoms with Crippen LogP contribution in [0.15, 0.2) is 72.8 Å². The Balaban J connectivity index is 1.74. The molecule has 2 aliphatic rings. The van der Waals surface area contributed by atoms with Gasteiger partial charge in [0.15, 0.2) is 0 Å². The molecule has 5 rings (SSSR count). The van der Waals surface area contributed by atoms with Gasteiger partial charge in [0.1, 0.15) is 34.7 Å². The van der Waals surface area contributed by atoms with Gasteiger partial charge in [0.25, 0.3) is 0 Å². The Kier molecular flexibility index (Phi) is 9.23. The highest BCUT2D eigenvalue weighted by Gasteiger charge is 2.62. The molecule has 242 valence electrons. The van der Waals surface area contributed by atoms with Crippen LogP contribution in [-0.4, -0.2) is 67.3 Å². The van der Waals surface area contributed by atoms with E-state index in [4.69, 9.17) is 23.7 Å². The summed E-state index contributed by atoms with van der Waals surface area (Å²) in [5.41, 5.74) is -0.142. The molecule has 3 aromatic rings. The molecule has 2 saturated heterocycles. The van der Waals surface area contributed by atoms with Crippen molar-refractivity contribution in [2.45, 2.75) is 89.5 Å². The monoisotopic (exact) mass is 617 g/mol. The normalized spacial score (nSPS) is 23.6. The van der Waals surface area contributed by atoms with E-state index in [1.54, 1.807) is 21.3 Å². The fourth-order valence-corrected chi connectivity index (χ4v) is 7.07. The maximum absolute atomic E-state index is 13.1. The van der Waals surface area contributed by atoms with E-state index >= 15 is 0 Å². The number of hydrogen-bond donors (Lipinski definition) is 1. The van der Waals surface area contributed by atoms with Crippen LogP contribution < -0.4 is 14.2 Å². The van der Waals surface area contributed by atoms with Crippen molar-refractivity contribution in [3.05, 3.63) is 89.5 Å². The number of hydrogen-bond acceptors (Lipinski definition) is 8. The molecule has 2 heterocycles. The van der Waals surface area contributed by atoms with Crippen LogP contribution in [0.1, 0.15) is 70.6 Å². The van der Waals surface area contributed by atoms with Crippen molar-refractivity contribution >= 4 is 5.97 Å². The topological polar surface area (TPSA) is 86.7 Å². The average Bonchev–Trinajstić information content (AvgIpc) is 3.21. The molecule has 0 aromatic heterocycles. The molecule has 2 fully saturated rings. The summed E-state index contributed by atoms with van der Waals surface area (Å²) in [6, 6.07) is 23.5. The Morgan fingerprint density at radius 1 is 0.778 bits per heavy atom. The first-order valence-corrected chi connectivity index (χ1v) is 15.7. The SMILES string of the molecule is COc1ccc(C(OC23CC(OC(=O)C(C)(C)C)CC(C(O)C2)N3C(C)C)(c2ccc(OC)cc2)c2ccc(OC)cc2)cc1. The van der Waals surface area contributed by atoms with Crippen LogP contribution in [-0.2, 0) is 19.9 Å². The maximum Gasteiger partial charge on any atom is 0.311 e. The highest BCUT2D eigenvalue weighted by atomic mass is 16.6. The molecule has 2 bridgehead atoms. The standard InChI is InChI=1S/C37H47NO7/c1-24(2)38-32-21-31(44-34(40)35(3,4)5)22-36(38,23-33(32)39)45-37(25-9-15-28(41-6)16-10-25,26-11-17-29(42-7)18-12-26)27-13-19-30(43-8)20-14-27/h9-20,24,31-33,39H,21-23H2,1-8H3. The van der Waals surface area contributed by atoms with Crippen molar-refractivity contribution in [2.75, 3.05) is 21.3 Å². The fraction of sp³-hybridized carbons (Fsp3) is 0.486. The molecule has 45 heavy (non-hydrogen) atoms. The van der Waals surface area contributed by atoms with Crippen LogP contribution >= 0.6 is 0 Å². The van der Waals surface area contributed by atoms with Gasteiger partial charge in [0, 0.05) is 31.3 Å². The van der Waals surface area contributed by atoms with E-state index < -0.39 is 28.9 Å². The van der Waals surface area contributed by atoms with Gasteiger partial charge >= 0.3 is 5.97 Å². The Morgan fingerprint density at radius 2 is 1.20 bits per heavy atom. The molecular weight excluding hydrogens is 570 g/mol. The lowest BCUT2D eigenvalue weighted by atomic mass is 9.79. The number of esters is 1. The number of fused-ring (bicyclic) bond motifs is 2. The van der Waals surface area contributed by atoms with Crippen molar-refractivity contribution in [1.82, 2.24) is 4.90 Å². The van der Waals surface area contributed by atoms with Gasteiger partial charge in [-0.3, -0.25) is 9.69 Å². The van der Waals surface area contributed by atoms with Crippen LogP contribution in [0.3, 0.4) is 0 Å². The van der Waals surface area contributed by atoms with E-state index in [0.29, 0.717) is 19.3 Å². The lowest BCUT2D eigenvalue weighted by Gasteiger charge is -2.53. The van der Waals surface area contributed by atoms with Crippen LogP contribution in [0, 0.1) is 5.41 Å². The van der Waals surface area contributed by atoms with Crippen LogP contribution in [0.2, 0.25) is 0 Å². The first-order valence-electron chi connectivity index (χ1n) is 15.7. The van der Waals surface area contributed by atoms with Crippen molar-refractivity contribution in [3.8, 4) is 17.2 Å². The molecule has 0 saturated carbocycles. The number of nitrogens with zero attached hydrogens (tertiary/aromatic N) is 1. The third-order valence-electron chi connectivity index (χ3n) is 9.13. The smallest absolute Gasteiger partial charge is 0.311 e. The first kappa shape index (κ1) is 32.8. The lowest BCUT2D eigenvalue weighted by molar-refractivity contribution is -0.240. The highest BCUT2D eigenvalue weighted by Crippen LogP contribution is 2.54. The van der Waals surface area contributed by atoms with Gasteiger partial charge in [-0.15, -0.1) is 0 Å². The zero-order valence-corrected chi connectivity index (χ0v) is 27.7. The molecular formula is C37H47NO7. The number of methoxy groups -OCH3 is 3. The molecule has 2 aliphatic heterocycles. The summed E-state index contributed by atoms with van der Waals surface area (Å²) >= 11 is 0. The molecule has 0 radical (unpaired) electrons. The maximum atomic E-state index is 13.1. The minimum absolute atomic E-state index is 0.0479. The van der Waals surface area contributed by atoms with Crippen molar-refractivity contribution in [1.29, 1.82) is 0 Å². The summed E-state index contributed by atoms with van der Waals surface area (Å²) in [5.74, 6) is 1.91. The zero-order chi connectivity index (χ0) is 32.6. The van der Waals surface area contributed by atoms with Gasteiger partial charge < -0.3 is 28.8 Å². The summed E-state index contributed by atoms with van der Waals surface area (Å²) in [6.07, 6.45) is 0.224. The second-order valence-corrected chi connectivity index (χ2v) is 13.5. The quantitative estimate of drug-likeness (QED) is 0.209. The molecule has 0 aliphatic carbocycles. The van der Waals surface area contributed by atoms with Crippen molar-refractivity contribution in [2.24, 2.45) is 5.41 Å². The molecule has 3 aromatic carbocycles. The Bertz CT molecular complexity index is 1330. The predicted octanol–water partition coefficient (Wildman–Crippen LogP) is 6.31. The van der Waals surface area contributed by atoms with Gasteiger partial charge in [0.2, 0.25) is 0 Å². The summed E-state index contributed by atoms with van der Waals surface area (Å²) < 4.78 is 30.5. The third-order valence-corrected chi connectivity index (χ3v) is 9.13. The second-order valence-electron chi connectivity index (χ2n) is 13.5. The largest absolute Gasteiger partial charge is 0.497 e. The summed E-state index contributed by atoms with van der Waals surface area (Å²) in [6.45, 7) is 9.82. The second kappa shape index (κ2) is 12.7. The van der Waals surface area contributed by atoms with E-state index in [1.165, 1.54) is 0 Å². The fourth-order valence-electron chi connectivity index (χ4n) is 7.07. The Morgan fingerprint density at radius 3 is 1.56 bits per heavy atom. The summed E-state index contributed by atoms with van der Waals surface area (Å²) in [5, 5.41) is 11.6. The van der Waals surface area contributed by atoms with Crippen LogP contribution in [0.4, 0.5) is 0 Å². The number of rotatable bonds is 10. The molecule has 4 atom stereocenters. The molecule has 4 unspecified atom stereocenters. The average molecular weight is 618 g/mol. The van der Waals surface area contributed by atoms with E-state index in [2.05, 4.69) is 18.7 Å². The van der Waals surface area contributed by atoms with E-state index in [1.807, 2.05) is 93.6 Å². The van der Waals surface area contributed by atoms with E-state index in [0.717, 1.165) is 33.9 Å². The highest BCUT2D eigenvalue weighted by molar-refractivity contribution is 5.75. The molecule has 0 spiro atoms. The lowest BCUT2D eigenvalue weighted by Crippen LogP contribution is -2.61. The Labute approximate surface area is 267 Å². The van der Waals surface area contributed by atoms with Crippen LogP contribution in [0.25, 0.3) is 0 Å². The number of carbonyl (C=O) groups is 1. The zero-order valence-electron chi connectivity index (χ0n) is 27.7. The minimum Gasteiger partial charge on any atom is -0.497 e. The van der Waals surface area contributed by atoms with Gasteiger partial charge in [-0.25, -0.2) is 0 Å². The summed E-state index contributed by atoms with van der Waals surface area (Å²) in [7, 11) is 4.94. The number of aliphatic hydroxyl groups is 1. The van der Waals surface area contributed by atoms with Crippen molar-refractivity contribution in [3.63, 3.8) is 0 Å².